The molecule has 0 aromatic heterocycles. The number of benzene rings is 3. The van der Waals surface area contributed by atoms with E-state index in [2.05, 4.69) is 91.9 Å². The first-order valence-corrected chi connectivity index (χ1v) is 29.0. The van der Waals surface area contributed by atoms with Crippen LogP contribution >= 0.6 is 15.8 Å². The average molecular weight is 695 g/mol. The van der Waals surface area contributed by atoms with Crippen molar-refractivity contribution in [1.82, 2.24) is 0 Å². The van der Waals surface area contributed by atoms with Crippen molar-refractivity contribution in [3.8, 4) is 0 Å². The van der Waals surface area contributed by atoms with Crippen molar-refractivity contribution >= 4 is 31.8 Å². The summed E-state index contributed by atoms with van der Waals surface area (Å²) in [5, 5.41) is 4.99. The van der Waals surface area contributed by atoms with E-state index in [1.807, 2.05) is 10.9 Å². The van der Waals surface area contributed by atoms with Gasteiger partial charge >= 0.3 is 275 Å². The molecule has 0 radical (unpaired) electrons. The maximum absolute atomic E-state index is 3.82. The van der Waals surface area contributed by atoms with Crippen LogP contribution in [0.15, 0.2) is 84.9 Å². The zero-order chi connectivity index (χ0) is 30.0. The van der Waals surface area contributed by atoms with Gasteiger partial charge in [0.15, 0.2) is 0 Å². The third-order valence-corrected chi connectivity index (χ3v) is 75.8. The molecule has 10 aliphatic heterocycles. The van der Waals surface area contributed by atoms with E-state index in [0.717, 1.165) is 38.0 Å². The molecule has 4 bridgehead atoms. The van der Waals surface area contributed by atoms with Crippen molar-refractivity contribution in [3.63, 3.8) is 0 Å². The molecular formula is C44H48FeP2. The summed E-state index contributed by atoms with van der Waals surface area (Å²) in [6, 6.07) is 34.2. The Kier molecular flexibility index (Phi) is 2.27. The van der Waals surface area contributed by atoms with Crippen molar-refractivity contribution in [1.29, 1.82) is 0 Å². The van der Waals surface area contributed by atoms with Gasteiger partial charge < -0.3 is 0 Å². The Labute approximate surface area is 273 Å². The van der Waals surface area contributed by atoms with Gasteiger partial charge in [-0.1, -0.05) is 0 Å². The number of rotatable bonds is 8. The van der Waals surface area contributed by atoms with E-state index in [-0.39, 0.29) is 7.92 Å². The van der Waals surface area contributed by atoms with E-state index in [9.17, 15) is 0 Å². The van der Waals surface area contributed by atoms with Crippen LogP contribution in [0.3, 0.4) is 0 Å². The predicted octanol–water partition coefficient (Wildman–Crippen LogP) is 10.9. The first kappa shape index (κ1) is 24.3. The number of hydrogen-bond donors (Lipinski definition) is 0. The van der Waals surface area contributed by atoms with E-state index < -0.39 is 14.4 Å². The van der Waals surface area contributed by atoms with Gasteiger partial charge in [-0.05, 0) is 0 Å². The minimum atomic E-state index is -3.82. The van der Waals surface area contributed by atoms with E-state index >= 15 is 0 Å². The van der Waals surface area contributed by atoms with Crippen molar-refractivity contribution in [2.24, 2.45) is 23.7 Å². The molecule has 4 saturated carbocycles. The summed E-state index contributed by atoms with van der Waals surface area (Å²) in [5.74, 6) is 4.50. The van der Waals surface area contributed by atoms with Gasteiger partial charge in [0.25, 0.3) is 0 Å². The van der Waals surface area contributed by atoms with Gasteiger partial charge in [-0.2, -0.15) is 0 Å². The van der Waals surface area contributed by atoms with Crippen LogP contribution in [0.2, 0.25) is 42.8 Å². The molecule has 14 fully saturated rings. The fourth-order valence-electron chi connectivity index (χ4n) is 27.5. The van der Waals surface area contributed by atoms with Gasteiger partial charge in [0, 0.05) is 0 Å². The minimum absolute atomic E-state index is 0.146. The van der Waals surface area contributed by atoms with Crippen LogP contribution in [0.5, 0.6) is 0 Å². The Morgan fingerprint density at radius 3 is 1.60 bits per heavy atom. The Morgan fingerprint density at radius 2 is 1.13 bits per heavy atom. The summed E-state index contributed by atoms with van der Waals surface area (Å²) >= 11 is 0. The van der Waals surface area contributed by atoms with Crippen LogP contribution in [0, 0.1) is 23.7 Å². The topological polar surface area (TPSA) is 0 Å². The molecule has 14 aliphatic rings. The Hall–Kier alpha value is -0.961. The standard InChI is InChI=1S/C39H43P2.C5H5.Fe/c1-27(40(38-25-28-19-21-30(38)23-28)39-26-29-20-22-31(39)24-29)34-16-10-17-35(34)36-15-8-9-18-37(36)41(32-11-4-2-5-12-32)33-13-6-3-7-14-33;1-2-4-5-3-1;/h2-18,27-31,38-39H,19-26H2,1H3;1-5H;/t27-,28?,29?,30?,31?,38?,39?,40?;;/m0../s1. The second-order valence-corrected chi connectivity index (χ2v) is 50.4. The SMILES string of the molecule is C[C@H](P(C1CC2CCC1C2)C1CC2CCC1C2)[C@@]12[CH]3[CH]4[CH]5[C]1(c1ccccc1P(c1ccccc1)c1ccccc1)[Fe]45321678[CH]2[CH]1[CH]6[CH]7[CH]28. The average Bonchev–Trinajstić information content (AvgIpc) is 3.86. The Balaban J connectivity index is 0.927. The van der Waals surface area contributed by atoms with E-state index in [1.165, 1.54) is 49.8 Å². The first-order valence-electron chi connectivity index (χ1n) is 19.9. The van der Waals surface area contributed by atoms with Crippen LogP contribution in [0.25, 0.3) is 0 Å². The molecule has 3 aromatic carbocycles. The van der Waals surface area contributed by atoms with E-state index in [1.54, 1.807) is 62.0 Å². The fourth-order valence-corrected chi connectivity index (χ4v) is 115. The summed E-state index contributed by atoms with van der Waals surface area (Å²) in [6.45, 7) is -0.740. The number of fused-ring (bicyclic) bond motifs is 14. The fraction of sp³-hybridized carbons (Fsp3) is 0.591. The van der Waals surface area contributed by atoms with Crippen LogP contribution in [-0.4, -0.2) is 17.0 Å². The van der Waals surface area contributed by atoms with Crippen molar-refractivity contribution in [2.75, 3.05) is 0 Å². The normalized spacial score (nSPS) is 68.3. The zero-order valence-corrected chi connectivity index (χ0v) is 30.5. The van der Waals surface area contributed by atoms with E-state index in [4.69, 9.17) is 0 Å². The molecule has 12 atom stereocenters. The van der Waals surface area contributed by atoms with Crippen molar-refractivity contribution in [3.05, 3.63) is 90.5 Å². The summed E-state index contributed by atoms with van der Waals surface area (Å²) in [5.41, 5.74) is 5.48. The molecule has 0 N–H and O–H groups in total. The Morgan fingerprint density at radius 1 is 0.596 bits per heavy atom. The summed E-state index contributed by atoms with van der Waals surface area (Å²) < 4.78 is 1.65. The second-order valence-electron chi connectivity index (χ2n) is 21.9. The first-order chi connectivity index (χ1) is 22.9. The quantitative estimate of drug-likeness (QED) is 0.163. The number of hydrogen-bond acceptors (Lipinski definition) is 0. The summed E-state index contributed by atoms with van der Waals surface area (Å²) in [7, 11) is -0.391. The van der Waals surface area contributed by atoms with Crippen molar-refractivity contribution in [2.45, 2.75) is 122 Å². The molecule has 0 nitrogen and oxygen atoms in total. The second kappa shape index (κ2) is 4.39. The van der Waals surface area contributed by atoms with Gasteiger partial charge in [0.05, 0.1) is 0 Å². The van der Waals surface area contributed by atoms with Gasteiger partial charge in [-0.15, -0.1) is 0 Å². The molecule has 3 aromatic rings. The predicted molar refractivity (Wildman–Crippen MR) is 194 cm³/mol. The van der Waals surface area contributed by atoms with Crippen LogP contribution in [0.4, 0.5) is 0 Å². The van der Waals surface area contributed by atoms with Gasteiger partial charge in [-0.25, -0.2) is 0 Å². The molecule has 10 unspecified atom stereocenters. The molecule has 3 heteroatoms. The molecule has 242 valence electrons. The summed E-state index contributed by atoms with van der Waals surface area (Å²) in [4.78, 5) is 10.9. The molecule has 4 aliphatic carbocycles. The summed E-state index contributed by atoms with van der Waals surface area (Å²) in [6.07, 6.45) is 13.0. The van der Waals surface area contributed by atoms with Crippen LogP contribution in [-0.2, 0) is 10.8 Å². The molecule has 0 amide bonds. The van der Waals surface area contributed by atoms with Gasteiger partial charge in [0.2, 0.25) is 0 Å². The third kappa shape index (κ3) is 0.799. The zero-order valence-electron chi connectivity index (χ0n) is 27.6. The molecule has 47 heavy (non-hydrogen) atoms. The third-order valence-electron chi connectivity index (χ3n) is 25.8. The maximum atomic E-state index is 3.08. The van der Waals surface area contributed by atoms with Crippen molar-refractivity contribution < 1.29 is 6.51 Å². The molecule has 10 saturated heterocycles. The molecule has 17 rings (SSSR count). The molecule has 10 heterocycles. The molecule has 1 spiro atoms. The van der Waals surface area contributed by atoms with E-state index in [0.29, 0.717) is 0 Å². The Bertz CT molecular complexity index is 2320. The van der Waals surface area contributed by atoms with Gasteiger partial charge in [0.1, 0.15) is 0 Å². The van der Waals surface area contributed by atoms with Crippen LogP contribution < -0.4 is 15.9 Å². The molecular weight excluding hydrogens is 646 g/mol. The van der Waals surface area contributed by atoms with Crippen LogP contribution in [0.1, 0.15) is 63.9 Å². The monoisotopic (exact) mass is 694 g/mol. The van der Waals surface area contributed by atoms with Gasteiger partial charge in [-0.3, -0.25) is 0 Å².